The topological polar surface area (TPSA) is 91.6 Å². The van der Waals surface area contributed by atoms with E-state index < -0.39 is 5.91 Å². The van der Waals surface area contributed by atoms with Crippen molar-refractivity contribution in [1.82, 2.24) is 0 Å². The average Bonchev–Trinajstić information content (AvgIpc) is 2.80. The van der Waals surface area contributed by atoms with E-state index in [1.54, 1.807) is 30.3 Å². The Morgan fingerprint density at radius 2 is 1.76 bits per heavy atom. The summed E-state index contributed by atoms with van der Waals surface area (Å²) in [5, 5.41) is 22.6. The SMILES string of the molecule is CCOc1cc(/C=C(\C#N)C(=O)Nc2ccc(O)cc2)cc(Cl)c1OCc1ccc(Cl)c(Cl)c1. The summed E-state index contributed by atoms with van der Waals surface area (Å²) in [6, 6.07) is 16.1. The molecule has 6 nitrogen and oxygen atoms in total. The third-order valence-electron chi connectivity index (χ3n) is 4.50. The van der Waals surface area contributed by atoms with Crippen molar-refractivity contribution in [3.63, 3.8) is 0 Å². The fraction of sp³-hybridized carbons (Fsp3) is 0.120. The number of rotatable bonds is 8. The third-order valence-corrected chi connectivity index (χ3v) is 5.52. The van der Waals surface area contributed by atoms with Gasteiger partial charge in [-0.2, -0.15) is 5.26 Å². The van der Waals surface area contributed by atoms with Gasteiger partial charge < -0.3 is 19.9 Å². The van der Waals surface area contributed by atoms with Gasteiger partial charge in [-0.15, -0.1) is 0 Å². The number of benzene rings is 3. The monoisotopic (exact) mass is 516 g/mol. The number of anilines is 1. The maximum absolute atomic E-state index is 12.5. The Kier molecular flexibility index (Phi) is 8.67. The van der Waals surface area contributed by atoms with Gasteiger partial charge in [0.1, 0.15) is 24.0 Å². The van der Waals surface area contributed by atoms with Crippen molar-refractivity contribution in [1.29, 1.82) is 5.26 Å². The zero-order valence-corrected chi connectivity index (χ0v) is 20.2. The Morgan fingerprint density at radius 1 is 1.03 bits per heavy atom. The smallest absolute Gasteiger partial charge is 0.266 e. The number of nitrogens with one attached hydrogen (secondary N) is 1. The van der Waals surface area contributed by atoms with Crippen LogP contribution in [-0.4, -0.2) is 17.6 Å². The molecule has 0 saturated heterocycles. The highest BCUT2D eigenvalue weighted by Gasteiger charge is 2.15. The van der Waals surface area contributed by atoms with E-state index >= 15 is 0 Å². The summed E-state index contributed by atoms with van der Waals surface area (Å²) < 4.78 is 11.6. The lowest BCUT2D eigenvalue weighted by molar-refractivity contribution is -0.112. The number of nitriles is 1. The Morgan fingerprint density at radius 3 is 2.41 bits per heavy atom. The van der Waals surface area contributed by atoms with Gasteiger partial charge in [0, 0.05) is 5.69 Å². The van der Waals surface area contributed by atoms with Crippen LogP contribution in [0.5, 0.6) is 17.2 Å². The minimum Gasteiger partial charge on any atom is -0.508 e. The maximum atomic E-state index is 12.5. The number of amides is 1. The van der Waals surface area contributed by atoms with Gasteiger partial charge >= 0.3 is 0 Å². The van der Waals surface area contributed by atoms with Crippen molar-refractivity contribution in [2.75, 3.05) is 11.9 Å². The van der Waals surface area contributed by atoms with Gasteiger partial charge in [-0.1, -0.05) is 40.9 Å². The fourth-order valence-electron chi connectivity index (χ4n) is 2.92. The van der Waals surface area contributed by atoms with Crippen LogP contribution in [0.3, 0.4) is 0 Å². The largest absolute Gasteiger partial charge is 0.508 e. The van der Waals surface area contributed by atoms with E-state index in [4.69, 9.17) is 44.3 Å². The first kappa shape index (κ1) is 25.3. The summed E-state index contributed by atoms with van der Waals surface area (Å²) >= 11 is 18.5. The number of phenolic OH excluding ortho intramolecular Hbond substituents is 1. The molecule has 3 rings (SSSR count). The predicted octanol–water partition coefficient (Wildman–Crippen LogP) is 6.88. The number of halogens is 3. The molecular weight excluding hydrogens is 499 g/mol. The minimum atomic E-state index is -0.609. The molecule has 0 heterocycles. The quantitative estimate of drug-likeness (QED) is 0.193. The molecule has 174 valence electrons. The number of aromatic hydroxyl groups is 1. The number of nitrogens with zero attached hydrogens (tertiary/aromatic N) is 1. The maximum Gasteiger partial charge on any atom is 0.266 e. The number of carbonyl (C=O) groups excluding carboxylic acids is 1. The van der Waals surface area contributed by atoms with Crippen LogP contribution in [0.15, 0.2) is 60.2 Å². The lowest BCUT2D eigenvalue weighted by Crippen LogP contribution is -2.13. The van der Waals surface area contributed by atoms with Crippen LogP contribution in [0.1, 0.15) is 18.1 Å². The summed E-state index contributed by atoms with van der Waals surface area (Å²) in [5.74, 6) is 0.132. The molecule has 0 fully saturated rings. The Labute approximate surface area is 211 Å². The molecule has 0 bridgehead atoms. The lowest BCUT2D eigenvalue weighted by atomic mass is 10.1. The van der Waals surface area contributed by atoms with Gasteiger partial charge in [0.25, 0.3) is 5.91 Å². The minimum absolute atomic E-state index is 0.0635. The average molecular weight is 518 g/mol. The van der Waals surface area contributed by atoms with Gasteiger partial charge in [0.15, 0.2) is 11.5 Å². The Hall–Kier alpha value is -3.37. The molecular formula is C25H19Cl3N2O4. The number of ether oxygens (including phenoxy) is 2. The molecule has 0 spiro atoms. The van der Waals surface area contributed by atoms with E-state index in [0.717, 1.165) is 5.56 Å². The van der Waals surface area contributed by atoms with Crippen molar-refractivity contribution in [3.05, 3.63) is 86.4 Å². The van der Waals surface area contributed by atoms with E-state index in [-0.39, 0.29) is 23.0 Å². The van der Waals surface area contributed by atoms with Gasteiger partial charge in [0.05, 0.1) is 21.7 Å². The van der Waals surface area contributed by atoms with Crippen molar-refractivity contribution >= 4 is 52.5 Å². The first-order valence-corrected chi connectivity index (χ1v) is 11.2. The molecule has 0 aliphatic heterocycles. The molecule has 1 amide bonds. The van der Waals surface area contributed by atoms with Crippen molar-refractivity contribution in [2.24, 2.45) is 0 Å². The highest BCUT2D eigenvalue weighted by Crippen LogP contribution is 2.38. The summed E-state index contributed by atoms with van der Waals surface area (Å²) in [5.41, 5.74) is 1.56. The highest BCUT2D eigenvalue weighted by atomic mass is 35.5. The predicted molar refractivity (Wildman–Crippen MR) is 134 cm³/mol. The zero-order chi connectivity index (χ0) is 24.7. The molecule has 0 aliphatic carbocycles. The second-order valence-corrected chi connectivity index (χ2v) is 8.19. The fourth-order valence-corrected chi connectivity index (χ4v) is 3.51. The number of hydrogen-bond donors (Lipinski definition) is 2. The standard InChI is InChI=1S/C25H19Cl3N2O4/c1-2-33-23-12-16(9-17(13-29)25(32)30-18-4-6-19(31)7-5-18)11-22(28)24(23)34-14-15-3-8-20(26)21(27)10-15/h3-12,31H,2,14H2,1H3,(H,30,32)/b17-9+. The molecule has 0 aromatic heterocycles. The van der Waals surface area contributed by atoms with E-state index in [0.29, 0.717) is 39.4 Å². The van der Waals surface area contributed by atoms with E-state index in [1.165, 1.54) is 30.3 Å². The van der Waals surface area contributed by atoms with Crippen LogP contribution in [0, 0.1) is 11.3 Å². The summed E-state index contributed by atoms with van der Waals surface area (Å²) in [7, 11) is 0. The highest BCUT2D eigenvalue weighted by molar-refractivity contribution is 6.42. The normalized spacial score (nSPS) is 11.0. The number of hydrogen-bond acceptors (Lipinski definition) is 5. The van der Waals surface area contributed by atoms with Crippen molar-refractivity contribution in [3.8, 4) is 23.3 Å². The van der Waals surface area contributed by atoms with Crippen molar-refractivity contribution in [2.45, 2.75) is 13.5 Å². The van der Waals surface area contributed by atoms with E-state index in [1.807, 2.05) is 13.0 Å². The van der Waals surface area contributed by atoms with E-state index in [9.17, 15) is 15.2 Å². The van der Waals surface area contributed by atoms with Crippen LogP contribution in [0.25, 0.3) is 6.08 Å². The first-order valence-electron chi connectivity index (χ1n) is 10.1. The Bertz CT molecular complexity index is 1270. The molecule has 0 saturated carbocycles. The molecule has 3 aromatic carbocycles. The van der Waals surface area contributed by atoms with Gasteiger partial charge in [-0.3, -0.25) is 4.79 Å². The zero-order valence-electron chi connectivity index (χ0n) is 17.9. The van der Waals surface area contributed by atoms with Crippen LogP contribution in [0.2, 0.25) is 15.1 Å². The first-order chi connectivity index (χ1) is 16.3. The summed E-state index contributed by atoms with van der Waals surface area (Å²) in [4.78, 5) is 12.5. The third kappa shape index (κ3) is 6.58. The molecule has 9 heteroatoms. The second-order valence-electron chi connectivity index (χ2n) is 6.97. The van der Waals surface area contributed by atoms with Gasteiger partial charge in [0.2, 0.25) is 0 Å². The van der Waals surface area contributed by atoms with Gasteiger partial charge in [-0.05, 0) is 72.7 Å². The van der Waals surface area contributed by atoms with Crippen LogP contribution in [0.4, 0.5) is 5.69 Å². The van der Waals surface area contributed by atoms with Crippen LogP contribution >= 0.6 is 34.8 Å². The summed E-state index contributed by atoms with van der Waals surface area (Å²) in [6.45, 7) is 2.33. The van der Waals surface area contributed by atoms with Crippen molar-refractivity contribution < 1.29 is 19.4 Å². The molecule has 3 aromatic rings. The lowest BCUT2D eigenvalue weighted by Gasteiger charge is -2.15. The molecule has 34 heavy (non-hydrogen) atoms. The molecule has 0 unspecified atom stereocenters. The molecule has 0 radical (unpaired) electrons. The Balaban J connectivity index is 1.84. The molecule has 0 aliphatic rings. The second kappa shape index (κ2) is 11.7. The molecule has 2 N–H and O–H groups in total. The number of phenols is 1. The number of carbonyl (C=O) groups is 1. The van der Waals surface area contributed by atoms with Crippen LogP contribution < -0.4 is 14.8 Å². The van der Waals surface area contributed by atoms with E-state index in [2.05, 4.69) is 5.32 Å². The molecule has 0 atom stereocenters. The summed E-state index contributed by atoms with van der Waals surface area (Å²) in [6.07, 6.45) is 1.40. The van der Waals surface area contributed by atoms with Crippen LogP contribution in [-0.2, 0) is 11.4 Å². The van der Waals surface area contributed by atoms with Gasteiger partial charge in [-0.25, -0.2) is 0 Å².